The van der Waals surface area contributed by atoms with Gasteiger partial charge >= 0.3 is 0 Å². The second-order valence-corrected chi connectivity index (χ2v) is 7.19. The van der Waals surface area contributed by atoms with Crippen molar-refractivity contribution in [3.05, 3.63) is 77.7 Å². The summed E-state index contributed by atoms with van der Waals surface area (Å²) in [5.74, 6) is -0.408. The molecule has 3 rings (SSSR count). The molecule has 1 amide bonds. The van der Waals surface area contributed by atoms with Crippen LogP contribution in [0.1, 0.15) is 24.6 Å². The van der Waals surface area contributed by atoms with Crippen LogP contribution in [0.15, 0.2) is 60.7 Å². The van der Waals surface area contributed by atoms with Gasteiger partial charge in [-0.05, 0) is 43.5 Å². The Hall–Kier alpha value is -2.99. The first-order valence-corrected chi connectivity index (χ1v) is 9.28. The number of nitrogens with one attached hydrogen (secondary N) is 1. The van der Waals surface area contributed by atoms with Gasteiger partial charge in [-0.1, -0.05) is 42.5 Å². The molecule has 3 aromatic rings. The Bertz CT molecular complexity index is 936. The number of nitrogens with two attached hydrogens (primary N) is 1. The Morgan fingerprint density at radius 2 is 1.93 bits per heavy atom. The first-order valence-electron chi connectivity index (χ1n) is 9.28. The predicted octanol–water partition coefficient (Wildman–Crippen LogP) is 3.48. The van der Waals surface area contributed by atoms with Crippen molar-refractivity contribution in [3.63, 3.8) is 0 Å². The van der Waals surface area contributed by atoms with E-state index in [1.165, 1.54) is 12.1 Å². The summed E-state index contributed by atoms with van der Waals surface area (Å²) < 4.78 is 13.4. The van der Waals surface area contributed by atoms with E-state index in [2.05, 4.69) is 10.2 Å². The summed E-state index contributed by atoms with van der Waals surface area (Å²) in [4.78, 5) is 14.4. The van der Waals surface area contributed by atoms with Crippen LogP contribution in [0, 0.1) is 5.82 Å². The first-order chi connectivity index (χ1) is 13.4. The highest BCUT2D eigenvalue weighted by Crippen LogP contribution is 2.21. The van der Waals surface area contributed by atoms with E-state index in [4.69, 9.17) is 5.73 Å². The van der Waals surface area contributed by atoms with Gasteiger partial charge in [0.25, 0.3) is 0 Å². The molecule has 28 heavy (non-hydrogen) atoms. The third-order valence-electron chi connectivity index (χ3n) is 4.86. The van der Waals surface area contributed by atoms with Crippen molar-refractivity contribution in [1.29, 1.82) is 0 Å². The van der Waals surface area contributed by atoms with Gasteiger partial charge in [0.2, 0.25) is 5.91 Å². The molecule has 1 aromatic heterocycles. The monoisotopic (exact) mass is 380 g/mol. The zero-order chi connectivity index (χ0) is 20.1. The highest BCUT2D eigenvalue weighted by molar-refractivity contribution is 5.86. The average Bonchev–Trinajstić information content (AvgIpc) is 3.17. The molecular weight excluding hydrogens is 355 g/mol. The van der Waals surface area contributed by atoms with Crippen molar-refractivity contribution >= 4 is 5.91 Å². The SMILES string of the molecule is CN(CCCc1cc(-c2cccc(F)c2)n[nH]1)C(=O)C(C)(N)c1ccccc1. The third kappa shape index (κ3) is 4.46. The van der Waals surface area contributed by atoms with Gasteiger partial charge in [-0.3, -0.25) is 9.89 Å². The zero-order valence-corrected chi connectivity index (χ0v) is 16.2. The standard InChI is InChI=1S/C22H25FN4O/c1-22(24,17-9-4-3-5-10-17)21(28)27(2)13-7-12-19-15-20(26-25-19)16-8-6-11-18(23)14-16/h3-6,8-11,14-15H,7,12-13,24H2,1-2H3,(H,25,26). The number of carbonyl (C=O) groups is 1. The van der Waals surface area contributed by atoms with E-state index in [0.717, 1.165) is 29.7 Å². The molecule has 1 unspecified atom stereocenters. The van der Waals surface area contributed by atoms with Gasteiger partial charge in [0.15, 0.2) is 0 Å². The first kappa shape index (κ1) is 19.8. The van der Waals surface area contributed by atoms with E-state index >= 15 is 0 Å². The number of carbonyl (C=O) groups excluding carboxylic acids is 1. The summed E-state index contributed by atoms with van der Waals surface area (Å²) in [6, 6.07) is 17.6. The Balaban J connectivity index is 1.56. The minimum Gasteiger partial charge on any atom is -0.344 e. The van der Waals surface area contributed by atoms with Crippen LogP contribution >= 0.6 is 0 Å². The van der Waals surface area contributed by atoms with Gasteiger partial charge in [-0.15, -0.1) is 0 Å². The van der Waals surface area contributed by atoms with E-state index in [1.807, 2.05) is 42.5 Å². The van der Waals surface area contributed by atoms with Crippen molar-refractivity contribution < 1.29 is 9.18 Å². The molecule has 1 heterocycles. The Labute approximate surface area is 164 Å². The number of nitrogens with zero attached hydrogens (tertiary/aromatic N) is 2. The molecule has 0 radical (unpaired) electrons. The lowest BCUT2D eigenvalue weighted by atomic mass is 9.91. The van der Waals surface area contributed by atoms with Crippen molar-refractivity contribution in [1.82, 2.24) is 15.1 Å². The summed E-state index contributed by atoms with van der Waals surface area (Å²) in [6.07, 6.45) is 1.49. The van der Waals surface area contributed by atoms with Crippen LogP contribution in [0.2, 0.25) is 0 Å². The number of rotatable bonds is 7. The predicted molar refractivity (Wildman–Crippen MR) is 108 cm³/mol. The third-order valence-corrected chi connectivity index (χ3v) is 4.86. The Kier molecular flexibility index (Phi) is 5.90. The lowest BCUT2D eigenvalue weighted by Crippen LogP contribution is -2.49. The Morgan fingerprint density at radius 3 is 2.64 bits per heavy atom. The lowest BCUT2D eigenvalue weighted by molar-refractivity contribution is -0.135. The van der Waals surface area contributed by atoms with Crippen LogP contribution in [-0.4, -0.2) is 34.6 Å². The highest BCUT2D eigenvalue weighted by atomic mass is 19.1. The Morgan fingerprint density at radius 1 is 1.18 bits per heavy atom. The summed E-state index contributed by atoms with van der Waals surface area (Å²) in [5, 5.41) is 7.23. The number of aryl methyl sites for hydroxylation is 1. The number of H-pyrrole nitrogens is 1. The van der Waals surface area contributed by atoms with Crippen LogP contribution in [0.3, 0.4) is 0 Å². The number of halogens is 1. The molecule has 0 aliphatic carbocycles. The van der Waals surface area contributed by atoms with Crippen LogP contribution < -0.4 is 5.73 Å². The van der Waals surface area contributed by atoms with Gasteiger partial charge in [0.1, 0.15) is 11.4 Å². The molecular formula is C22H25FN4O. The fourth-order valence-electron chi connectivity index (χ4n) is 3.20. The van der Waals surface area contributed by atoms with Gasteiger partial charge in [0.05, 0.1) is 5.69 Å². The topological polar surface area (TPSA) is 75.0 Å². The van der Waals surface area contributed by atoms with Crippen molar-refractivity contribution in [2.45, 2.75) is 25.3 Å². The maximum absolute atomic E-state index is 13.4. The van der Waals surface area contributed by atoms with Crippen LogP contribution in [-0.2, 0) is 16.8 Å². The van der Waals surface area contributed by atoms with E-state index in [9.17, 15) is 9.18 Å². The smallest absolute Gasteiger partial charge is 0.246 e. The molecule has 3 N–H and O–H groups in total. The van der Waals surface area contributed by atoms with Crippen LogP contribution in [0.5, 0.6) is 0 Å². The molecule has 2 aromatic carbocycles. The highest BCUT2D eigenvalue weighted by Gasteiger charge is 2.32. The number of likely N-dealkylation sites (N-methyl/N-ethyl adjacent to an activating group) is 1. The fraction of sp³-hybridized carbons (Fsp3) is 0.273. The summed E-state index contributed by atoms with van der Waals surface area (Å²) in [6.45, 7) is 2.31. The number of hydrogen-bond donors (Lipinski definition) is 2. The normalized spacial score (nSPS) is 13.1. The molecule has 0 aliphatic heterocycles. The minimum atomic E-state index is -1.06. The second kappa shape index (κ2) is 8.35. The molecule has 0 saturated heterocycles. The maximum Gasteiger partial charge on any atom is 0.246 e. The van der Waals surface area contributed by atoms with Gasteiger partial charge in [-0.2, -0.15) is 5.10 Å². The fourth-order valence-corrected chi connectivity index (χ4v) is 3.20. The molecule has 1 atom stereocenters. The van der Waals surface area contributed by atoms with Gasteiger partial charge in [0, 0.05) is 24.8 Å². The molecule has 146 valence electrons. The lowest BCUT2D eigenvalue weighted by Gasteiger charge is -2.29. The van der Waals surface area contributed by atoms with Gasteiger partial charge < -0.3 is 10.6 Å². The number of aromatic amines is 1. The number of aromatic nitrogens is 2. The number of amides is 1. The van der Waals surface area contributed by atoms with E-state index < -0.39 is 5.54 Å². The molecule has 5 nitrogen and oxygen atoms in total. The molecule has 6 heteroatoms. The van der Waals surface area contributed by atoms with E-state index in [1.54, 1.807) is 24.9 Å². The summed E-state index contributed by atoms with van der Waals surface area (Å²) in [5.41, 5.74) is 8.42. The zero-order valence-electron chi connectivity index (χ0n) is 16.2. The molecule has 0 aliphatic rings. The van der Waals surface area contributed by atoms with Crippen molar-refractivity contribution in [2.24, 2.45) is 5.73 Å². The van der Waals surface area contributed by atoms with Crippen LogP contribution in [0.4, 0.5) is 4.39 Å². The minimum absolute atomic E-state index is 0.122. The molecule has 0 spiro atoms. The molecule has 0 fully saturated rings. The van der Waals surface area contributed by atoms with Crippen molar-refractivity contribution in [2.75, 3.05) is 13.6 Å². The molecule has 0 bridgehead atoms. The molecule has 0 saturated carbocycles. The largest absolute Gasteiger partial charge is 0.344 e. The maximum atomic E-state index is 13.4. The number of benzene rings is 2. The van der Waals surface area contributed by atoms with E-state index in [-0.39, 0.29) is 11.7 Å². The van der Waals surface area contributed by atoms with Gasteiger partial charge in [-0.25, -0.2) is 4.39 Å². The second-order valence-electron chi connectivity index (χ2n) is 7.19. The quantitative estimate of drug-likeness (QED) is 0.659. The summed E-state index contributed by atoms with van der Waals surface area (Å²) in [7, 11) is 1.77. The summed E-state index contributed by atoms with van der Waals surface area (Å²) >= 11 is 0. The van der Waals surface area contributed by atoms with Crippen LogP contribution in [0.25, 0.3) is 11.3 Å². The average molecular weight is 380 g/mol. The van der Waals surface area contributed by atoms with Crippen molar-refractivity contribution in [3.8, 4) is 11.3 Å². The number of hydrogen-bond acceptors (Lipinski definition) is 3. The van der Waals surface area contributed by atoms with E-state index in [0.29, 0.717) is 12.2 Å².